The summed E-state index contributed by atoms with van der Waals surface area (Å²) < 4.78 is 0. The van der Waals surface area contributed by atoms with Crippen molar-refractivity contribution >= 4 is 5.96 Å². The third-order valence-electron chi connectivity index (χ3n) is 4.01. The van der Waals surface area contributed by atoms with Crippen LogP contribution < -0.4 is 10.6 Å². The van der Waals surface area contributed by atoms with Crippen molar-refractivity contribution in [2.24, 2.45) is 16.8 Å². The van der Waals surface area contributed by atoms with Crippen molar-refractivity contribution in [3.8, 4) is 0 Å². The lowest BCUT2D eigenvalue weighted by molar-refractivity contribution is 0.269. The van der Waals surface area contributed by atoms with Gasteiger partial charge in [0.15, 0.2) is 5.96 Å². The molecule has 0 amide bonds. The van der Waals surface area contributed by atoms with Gasteiger partial charge in [0.25, 0.3) is 0 Å². The van der Waals surface area contributed by atoms with Crippen LogP contribution >= 0.6 is 0 Å². The van der Waals surface area contributed by atoms with Crippen LogP contribution in [0.5, 0.6) is 0 Å². The Bertz CT molecular complexity index is 242. The molecule has 0 radical (unpaired) electrons. The summed E-state index contributed by atoms with van der Waals surface area (Å²) in [7, 11) is 0. The normalized spacial score (nSPS) is 34.4. The molecule has 0 saturated heterocycles. The van der Waals surface area contributed by atoms with Crippen LogP contribution in [-0.2, 0) is 0 Å². The van der Waals surface area contributed by atoms with Gasteiger partial charge >= 0.3 is 0 Å². The molecule has 1 heterocycles. The van der Waals surface area contributed by atoms with E-state index in [0.29, 0.717) is 6.04 Å². The second-order valence-electron chi connectivity index (χ2n) is 5.41. The third-order valence-corrected chi connectivity index (χ3v) is 4.01. The van der Waals surface area contributed by atoms with Crippen molar-refractivity contribution in [1.29, 1.82) is 0 Å². The van der Waals surface area contributed by atoms with E-state index < -0.39 is 0 Å². The molecule has 1 aliphatic heterocycles. The summed E-state index contributed by atoms with van der Waals surface area (Å²) in [6.45, 7) is 6.52. The second kappa shape index (κ2) is 5.55. The van der Waals surface area contributed by atoms with E-state index >= 15 is 0 Å². The Morgan fingerprint density at radius 3 is 2.50 bits per heavy atom. The van der Waals surface area contributed by atoms with Gasteiger partial charge in [-0.25, -0.2) is 0 Å². The van der Waals surface area contributed by atoms with Gasteiger partial charge in [-0.15, -0.1) is 0 Å². The monoisotopic (exact) mass is 223 g/mol. The largest absolute Gasteiger partial charge is 0.356 e. The third kappa shape index (κ3) is 3.13. The number of rotatable bonds is 3. The lowest BCUT2D eigenvalue weighted by Crippen LogP contribution is -2.40. The van der Waals surface area contributed by atoms with E-state index in [9.17, 15) is 0 Å². The zero-order valence-electron chi connectivity index (χ0n) is 10.6. The van der Waals surface area contributed by atoms with Gasteiger partial charge < -0.3 is 10.6 Å². The molecule has 2 aliphatic rings. The van der Waals surface area contributed by atoms with Crippen LogP contribution in [-0.4, -0.2) is 25.1 Å². The highest BCUT2D eigenvalue weighted by Crippen LogP contribution is 2.30. The van der Waals surface area contributed by atoms with Gasteiger partial charge in [0.1, 0.15) is 0 Å². The molecular weight excluding hydrogens is 198 g/mol. The fourth-order valence-electron chi connectivity index (χ4n) is 2.74. The lowest BCUT2D eigenvalue weighted by Gasteiger charge is -2.28. The van der Waals surface area contributed by atoms with E-state index in [-0.39, 0.29) is 0 Å². The fourth-order valence-corrected chi connectivity index (χ4v) is 2.74. The summed E-state index contributed by atoms with van der Waals surface area (Å²) in [4.78, 5) is 4.43. The maximum absolute atomic E-state index is 4.43. The molecule has 1 aliphatic carbocycles. The van der Waals surface area contributed by atoms with Gasteiger partial charge in [-0.05, 0) is 31.6 Å². The highest BCUT2D eigenvalue weighted by Gasteiger charge is 2.20. The molecular formula is C13H25N3. The average molecular weight is 223 g/mol. The zero-order valence-corrected chi connectivity index (χ0v) is 10.6. The van der Waals surface area contributed by atoms with Crippen molar-refractivity contribution in [2.75, 3.05) is 13.1 Å². The molecule has 3 heteroatoms. The Balaban J connectivity index is 1.64. The Morgan fingerprint density at radius 1 is 1.25 bits per heavy atom. The number of nitrogens with zero attached hydrogens (tertiary/aromatic N) is 1. The number of hydrogen-bond donors (Lipinski definition) is 2. The minimum Gasteiger partial charge on any atom is -0.356 e. The molecule has 0 aromatic heterocycles. The standard InChI is InChI=1S/C13H25N3/c1-3-11-4-6-12(7-5-11)9-15-13-14-8-10(2)16-13/h10-12H,3-9H2,1-2H3,(H2,14,15,16). The summed E-state index contributed by atoms with van der Waals surface area (Å²) >= 11 is 0. The van der Waals surface area contributed by atoms with Crippen molar-refractivity contribution in [3.05, 3.63) is 0 Å². The first-order valence-electron chi connectivity index (χ1n) is 6.82. The highest BCUT2D eigenvalue weighted by molar-refractivity contribution is 5.81. The SMILES string of the molecule is CCC1CCC(CNC2=NCC(C)N2)CC1. The van der Waals surface area contributed by atoms with Crippen LogP contribution in [0.15, 0.2) is 4.99 Å². The van der Waals surface area contributed by atoms with E-state index in [2.05, 4.69) is 29.5 Å². The molecule has 0 bridgehead atoms. The summed E-state index contributed by atoms with van der Waals surface area (Å²) in [5, 5.41) is 6.81. The molecule has 0 spiro atoms. The van der Waals surface area contributed by atoms with Crippen molar-refractivity contribution in [2.45, 2.75) is 52.0 Å². The first kappa shape index (κ1) is 11.7. The predicted molar refractivity (Wildman–Crippen MR) is 68.6 cm³/mol. The summed E-state index contributed by atoms with van der Waals surface area (Å²) in [6.07, 6.45) is 7.02. The molecule has 1 atom stereocenters. The van der Waals surface area contributed by atoms with Crippen LogP contribution in [0.4, 0.5) is 0 Å². The quantitative estimate of drug-likeness (QED) is 0.769. The molecule has 1 fully saturated rings. The molecule has 2 N–H and O–H groups in total. The topological polar surface area (TPSA) is 36.4 Å². The van der Waals surface area contributed by atoms with E-state index in [1.54, 1.807) is 0 Å². The van der Waals surface area contributed by atoms with Gasteiger partial charge in [0, 0.05) is 12.6 Å². The van der Waals surface area contributed by atoms with Gasteiger partial charge in [-0.2, -0.15) is 0 Å². The summed E-state index contributed by atoms with van der Waals surface area (Å²) in [5.74, 6) is 2.88. The minimum atomic E-state index is 0.512. The van der Waals surface area contributed by atoms with Crippen LogP contribution in [0.2, 0.25) is 0 Å². The van der Waals surface area contributed by atoms with Crippen LogP contribution in [0, 0.1) is 11.8 Å². The minimum absolute atomic E-state index is 0.512. The van der Waals surface area contributed by atoms with E-state index in [1.807, 2.05) is 0 Å². The summed E-state index contributed by atoms with van der Waals surface area (Å²) in [5.41, 5.74) is 0. The molecule has 16 heavy (non-hydrogen) atoms. The second-order valence-corrected chi connectivity index (χ2v) is 5.41. The first-order valence-corrected chi connectivity index (χ1v) is 6.82. The maximum atomic E-state index is 4.43. The van der Waals surface area contributed by atoms with Gasteiger partial charge in [-0.1, -0.05) is 26.2 Å². The number of aliphatic imine (C=N–C) groups is 1. The van der Waals surface area contributed by atoms with Crippen LogP contribution in [0.3, 0.4) is 0 Å². The average Bonchev–Trinajstić information content (AvgIpc) is 2.73. The molecule has 3 nitrogen and oxygen atoms in total. The van der Waals surface area contributed by atoms with Crippen LogP contribution in [0.1, 0.15) is 46.0 Å². The molecule has 1 unspecified atom stereocenters. The Hall–Kier alpha value is -0.730. The predicted octanol–water partition coefficient (Wildman–Crippen LogP) is 2.14. The van der Waals surface area contributed by atoms with E-state index in [0.717, 1.165) is 30.9 Å². The van der Waals surface area contributed by atoms with Gasteiger partial charge in [0.05, 0.1) is 6.54 Å². The molecule has 0 aromatic rings. The number of nitrogens with one attached hydrogen (secondary N) is 2. The highest BCUT2D eigenvalue weighted by atomic mass is 15.2. The Labute approximate surface area is 99.1 Å². The Morgan fingerprint density at radius 2 is 1.94 bits per heavy atom. The first-order chi connectivity index (χ1) is 7.78. The van der Waals surface area contributed by atoms with Crippen LogP contribution in [0.25, 0.3) is 0 Å². The van der Waals surface area contributed by atoms with Crippen molar-refractivity contribution < 1.29 is 0 Å². The lowest BCUT2D eigenvalue weighted by atomic mass is 9.81. The van der Waals surface area contributed by atoms with E-state index in [4.69, 9.17) is 0 Å². The fraction of sp³-hybridized carbons (Fsp3) is 0.923. The summed E-state index contributed by atoms with van der Waals surface area (Å²) in [6, 6.07) is 0.512. The molecule has 0 aromatic carbocycles. The molecule has 1 saturated carbocycles. The van der Waals surface area contributed by atoms with Crippen molar-refractivity contribution in [1.82, 2.24) is 10.6 Å². The van der Waals surface area contributed by atoms with Gasteiger partial charge in [0.2, 0.25) is 0 Å². The zero-order chi connectivity index (χ0) is 11.4. The smallest absolute Gasteiger partial charge is 0.191 e. The van der Waals surface area contributed by atoms with E-state index in [1.165, 1.54) is 32.1 Å². The molecule has 92 valence electrons. The number of hydrogen-bond acceptors (Lipinski definition) is 3. The maximum Gasteiger partial charge on any atom is 0.191 e. The van der Waals surface area contributed by atoms with Crippen molar-refractivity contribution in [3.63, 3.8) is 0 Å². The van der Waals surface area contributed by atoms with Gasteiger partial charge in [-0.3, -0.25) is 4.99 Å². The number of guanidine groups is 1. The Kier molecular flexibility index (Phi) is 4.08. The molecule has 2 rings (SSSR count).